The van der Waals surface area contributed by atoms with E-state index in [0.717, 1.165) is 11.1 Å². The summed E-state index contributed by atoms with van der Waals surface area (Å²) in [5.74, 6) is -2.77. The van der Waals surface area contributed by atoms with E-state index >= 15 is 0 Å². The summed E-state index contributed by atoms with van der Waals surface area (Å²) in [7, 11) is 0. The van der Waals surface area contributed by atoms with Gasteiger partial charge in [0.05, 0.1) is 23.3 Å². The Morgan fingerprint density at radius 1 is 1.27 bits per heavy atom. The number of rotatable bonds is 5. The fourth-order valence-corrected chi connectivity index (χ4v) is 5.47. The highest BCUT2D eigenvalue weighted by Gasteiger charge is 2.40. The Kier molecular flexibility index (Phi) is 6.25. The SMILES string of the molecule is Cc1cc2c(c3nc(CCn4ccccc4=O)n(CC(=O)N4CCC(F)(F)C4)c13)CCC(C)N2C(=O)O. The van der Waals surface area contributed by atoms with Crippen molar-refractivity contribution in [3.63, 3.8) is 0 Å². The van der Waals surface area contributed by atoms with Crippen molar-refractivity contribution in [3.8, 4) is 0 Å². The van der Waals surface area contributed by atoms with Crippen LogP contribution >= 0.6 is 0 Å². The van der Waals surface area contributed by atoms with Crippen LogP contribution in [-0.2, 0) is 30.7 Å². The molecule has 1 atom stereocenters. The number of halogens is 2. The number of likely N-dealkylation sites (tertiary alicyclic amines) is 1. The zero-order chi connectivity index (χ0) is 26.5. The number of anilines is 1. The highest BCUT2D eigenvalue weighted by Crippen LogP contribution is 2.38. The van der Waals surface area contributed by atoms with Crippen LogP contribution in [0.2, 0.25) is 0 Å². The minimum absolute atomic E-state index is 0.00690. The molecule has 4 heterocycles. The first-order valence-corrected chi connectivity index (χ1v) is 12.4. The zero-order valence-corrected chi connectivity index (χ0v) is 20.8. The van der Waals surface area contributed by atoms with Gasteiger partial charge in [-0.25, -0.2) is 18.6 Å². The lowest BCUT2D eigenvalue weighted by Crippen LogP contribution is -2.41. The molecule has 3 aromatic rings. The van der Waals surface area contributed by atoms with Crippen LogP contribution in [0, 0.1) is 6.92 Å². The maximum absolute atomic E-state index is 13.8. The van der Waals surface area contributed by atoms with Gasteiger partial charge in [0, 0.05) is 49.8 Å². The summed E-state index contributed by atoms with van der Waals surface area (Å²) in [6, 6.07) is 6.49. The summed E-state index contributed by atoms with van der Waals surface area (Å²) in [5, 5.41) is 9.85. The predicted molar refractivity (Wildman–Crippen MR) is 133 cm³/mol. The van der Waals surface area contributed by atoms with Gasteiger partial charge in [-0.3, -0.25) is 14.5 Å². The van der Waals surface area contributed by atoms with Gasteiger partial charge in [0.1, 0.15) is 12.4 Å². The smallest absolute Gasteiger partial charge is 0.412 e. The number of fused-ring (bicyclic) bond motifs is 3. The Morgan fingerprint density at radius 2 is 2.05 bits per heavy atom. The lowest BCUT2D eigenvalue weighted by molar-refractivity contribution is -0.132. The van der Waals surface area contributed by atoms with Gasteiger partial charge in [-0.15, -0.1) is 0 Å². The number of benzene rings is 1. The quantitative estimate of drug-likeness (QED) is 0.564. The highest BCUT2D eigenvalue weighted by molar-refractivity contribution is 5.96. The number of aryl methyl sites for hydroxylation is 4. The van der Waals surface area contributed by atoms with Gasteiger partial charge >= 0.3 is 6.09 Å². The van der Waals surface area contributed by atoms with E-state index in [1.807, 2.05) is 13.8 Å². The number of carboxylic acid groups (broad SMARTS) is 1. The van der Waals surface area contributed by atoms with Crippen LogP contribution in [0.1, 0.15) is 36.7 Å². The molecule has 1 aromatic carbocycles. The van der Waals surface area contributed by atoms with E-state index in [1.54, 1.807) is 33.5 Å². The number of carbonyl (C=O) groups excluding carboxylic acids is 1. The number of imidazole rings is 1. The van der Waals surface area contributed by atoms with Crippen LogP contribution in [0.25, 0.3) is 11.0 Å². The van der Waals surface area contributed by atoms with Crippen molar-refractivity contribution >= 4 is 28.7 Å². The van der Waals surface area contributed by atoms with E-state index in [0.29, 0.717) is 48.4 Å². The summed E-state index contributed by atoms with van der Waals surface area (Å²) in [6.45, 7) is 3.24. The molecule has 0 saturated carbocycles. The van der Waals surface area contributed by atoms with Crippen molar-refractivity contribution in [3.05, 3.63) is 57.8 Å². The molecule has 0 spiro atoms. The van der Waals surface area contributed by atoms with E-state index in [4.69, 9.17) is 4.98 Å². The Morgan fingerprint density at radius 3 is 2.73 bits per heavy atom. The summed E-state index contributed by atoms with van der Waals surface area (Å²) in [5.41, 5.74) is 3.25. The maximum atomic E-state index is 13.8. The van der Waals surface area contributed by atoms with Crippen LogP contribution in [0.3, 0.4) is 0 Å². The van der Waals surface area contributed by atoms with Crippen molar-refractivity contribution in [2.24, 2.45) is 0 Å². The minimum atomic E-state index is -2.89. The van der Waals surface area contributed by atoms with Gasteiger partial charge in [-0.2, -0.15) is 0 Å². The second-order valence-electron chi connectivity index (χ2n) is 9.95. The molecule has 2 aliphatic rings. The van der Waals surface area contributed by atoms with Gasteiger partial charge in [-0.1, -0.05) is 6.07 Å². The monoisotopic (exact) mass is 513 g/mol. The summed E-state index contributed by atoms with van der Waals surface area (Å²) in [4.78, 5) is 44.8. The lowest BCUT2D eigenvalue weighted by Gasteiger charge is -2.33. The molecule has 1 saturated heterocycles. The summed E-state index contributed by atoms with van der Waals surface area (Å²) in [6.07, 6.45) is 1.85. The summed E-state index contributed by atoms with van der Waals surface area (Å²) >= 11 is 0. The largest absolute Gasteiger partial charge is 0.465 e. The van der Waals surface area contributed by atoms with Gasteiger partial charge < -0.3 is 19.1 Å². The molecule has 37 heavy (non-hydrogen) atoms. The highest BCUT2D eigenvalue weighted by atomic mass is 19.3. The van der Waals surface area contributed by atoms with E-state index in [9.17, 15) is 28.3 Å². The third-order valence-electron chi connectivity index (χ3n) is 7.38. The Labute approximate surface area is 211 Å². The van der Waals surface area contributed by atoms with Gasteiger partial charge in [-0.05, 0) is 44.4 Å². The third-order valence-corrected chi connectivity index (χ3v) is 7.38. The molecule has 1 fully saturated rings. The van der Waals surface area contributed by atoms with Crippen molar-refractivity contribution in [2.45, 2.75) is 64.6 Å². The average molecular weight is 514 g/mol. The number of aromatic nitrogens is 3. The van der Waals surface area contributed by atoms with Gasteiger partial charge in [0.25, 0.3) is 11.5 Å². The van der Waals surface area contributed by atoms with E-state index in [-0.39, 0.29) is 31.1 Å². The molecule has 9 nitrogen and oxygen atoms in total. The molecule has 0 radical (unpaired) electrons. The van der Waals surface area contributed by atoms with Crippen LogP contribution in [0.15, 0.2) is 35.3 Å². The Hall–Kier alpha value is -3.76. The van der Waals surface area contributed by atoms with E-state index < -0.39 is 24.5 Å². The minimum Gasteiger partial charge on any atom is -0.465 e. The number of amides is 2. The Balaban J connectivity index is 1.59. The van der Waals surface area contributed by atoms with Crippen molar-refractivity contribution < 1.29 is 23.5 Å². The second-order valence-corrected chi connectivity index (χ2v) is 9.95. The predicted octanol–water partition coefficient (Wildman–Crippen LogP) is 3.44. The number of pyridine rings is 1. The third kappa shape index (κ3) is 4.58. The topological polar surface area (TPSA) is 101 Å². The number of nitrogens with zero attached hydrogens (tertiary/aromatic N) is 5. The number of hydrogen-bond acceptors (Lipinski definition) is 4. The first-order valence-electron chi connectivity index (χ1n) is 12.4. The molecule has 2 aliphatic heterocycles. The van der Waals surface area contributed by atoms with E-state index in [2.05, 4.69) is 0 Å². The maximum Gasteiger partial charge on any atom is 0.412 e. The van der Waals surface area contributed by atoms with Crippen molar-refractivity contribution in [1.29, 1.82) is 0 Å². The Bertz CT molecular complexity index is 1450. The number of carbonyl (C=O) groups is 2. The van der Waals surface area contributed by atoms with Gasteiger partial charge in [0.15, 0.2) is 0 Å². The van der Waals surface area contributed by atoms with Crippen LogP contribution in [-0.4, -0.2) is 61.2 Å². The molecule has 5 rings (SSSR count). The van der Waals surface area contributed by atoms with Crippen molar-refractivity contribution in [2.75, 3.05) is 18.0 Å². The molecule has 11 heteroatoms. The van der Waals surface area contributed by atoms with Crippen LogP contribution in [0.4, 0.5) is 19.3 Å². The van der Waals surface area contributed by atoms with Crippen LogP contribution in [0.5, 0.6) is 0 Å². The van der Waals surface area contributed by atoms with Crippen molar-refractivity contribution in [1.82, 2.24) is 19.0 Å². The molecule has 196 valence electrons. The fraction of sp³-hybridized carbons (Fsp3) is 0.462. The number of alkyl halides is 2. The van der Waals surface area contributed by atoms with Crippen LogP contribution < -0.4 is 10.5 Å². The van der Waals surface area contributed by atoms with E-state index in [1.165, 1.54) is 15.9 Å². The molecular weight excluding hydrogens is 484 g/mol. The second kappa shape index (κ2) is 9.28. The first kappa shape index (κ1) is 24.9. The molecule has 2 aromatic heterocycles. The lowest BCUT2D eigenvalue weighted by atomic mass is 9.94. The molecule has 1 unspecified atom stereocenters. The number of hydrogen-bond donors (Lipinski definition) is 1. The molecular formula is C26H29F2N5O4. The average Bonchev–Trinajstić information content (AvgIpc) is 3.38. The first-order chi connectivity index (χ1) is 17.6. The standard InChI is InChI=1S/C26H29F2N5O4/c1-16-13-19-18(7-6-17(2)33(19)25(36)37)23-24(16)32(14-22(35)31-12-9-26(27,28)15-31)20(29-23)8-11-30-10-4-3-5-21(30)34/h3-5,10,13,17H,6-9,11-12,14-15H2,1-2H3,(H,36,37). The molecule has 2 amide bonds. The molecule has 0 aliphatic carbocycles. The zero-order valence-electron chi connectivity index (χ0n) is 20.8. The van der Waals surface area contributed by atoms with Gasteiger partial charge in [0.2, 0.25) is 5.91 Å². The molecule has 0 bridgehead atoms. The molecule has 1 N–H and O–H groups in total. The summed E-state index contributed by atoms with van der Waals surface area (Å²) < 4.78 is 30.9. The normalized spacial score (nSPS) is 18.9. The fourth-order valence-electron chi connectivity index (χ4n) is 5.47.